The average molecular weight is 195 g/mol. The Morgan fingerprint density at radius 2 is 2.00 bits per heavy atom. The zero-order valence-electron chi connectivity index (χ0n) is 7.78. The van der Waals surface area contributed by atoms with Crippen LogP contribution in [0.1, 0.15) is 13.3 Å². The maximum Gasteiger partial charge on any atom is 0.147 e. The Balaban J connectivity index is 3.79. The molecule has 5 heteroatoms. The zero-order valence-corrected chi connectivity index (χ0v) is 8.60. The summed E-state index contributed by atoms with van der Waals surface area (Å²) in [4.78, 5) is 0. The van der Waals surface area contributed by atoms with E-state index >= 15 is 0 Å². The van der Waals surface area contributed by atoms with Gasteiger partial charge in [-0.2, -0.15) is 0 Å². The Hall–Kier alpha value is -0.130. The normalized spacial score (nSPS) is 17.3. The van der Waals surface area contributed by atoms with Crippen LogP contribution >= 0.6 is 0 Å². The van der Waals surface area contributed by atoms with E-state index in [0.29, 0.717) is 6.42 Å². The van der Waals surface area contributed by atoms with Crippen LogP contribution < -0.4 is 5.73 Å². The Bertz CT molecular complexity index is 213. The molecule has 0 aromatic heterocycles. The van der Waals surface area contributed by atoms with Crippen LogP contribution in [0.4, 0.5) is 0 Å². The highest BCUT2D eigenvalue weighted by Crippen LogP contribution is 2.01. The summed E-state index contributed by atoms with van der Waals surface area (Å²) in [6.07, 6.45) is 1.57. The van der Waals surface area contributed by atoms with Gasteiger partial charge in [0.1, 0.15) is 9.84 Å². The Morgan fingerprint density at radius 1 is 1.50 bits per heavy atom. The van der Waals surface area contributed by atoms with Gasteiger partial charge in [0.25, 0.3) is 0 Å². The quantitative estimate of drug-likeness (QED) is 0.658. The second-order valence-corrected chi connectivity index (χ2v) is 5.28. The molecule has 0 aliphatic heterocycles. The second kappa shape index (κ2) is 4.79. The van der Waals surface area contributed by atoms with Gasteiger partial charge in [0, 0.05) is 19.4 Å². The molecule has 2 N–H and O–H groups in total. The fourth-order valence-electron chi connectivity index (χ4n) is 0.760. The van der Waals surface area contributed by atoms with Crippen LogP contribution in [0.5, 0.6) is 0 Å². The molecule has 0 radical (unpaired) electrons. The molecule has 2 unspecified atom stereocenters. The van der Waals surface area contributed by atoms with Crippen LogP contribution in [-0.2, 0) is 14.6 Å². The van der Waals surface area contributed by atoms with Gasteiger partial charge in [-0.05, 0) is 13.3 Å². The molecule has 0 bridgehead atoms. The lowest BCUT2D eigenvalue weighted by Crippen LogP contribution is -2.35. The van der Waals surface area contributed by atoms with E-state index in [9.17, 15) is 8.42 Å². The molecule has 0 saturated carbocycles. The van der Waals surface area contributed by atoms with Gasteiger partial charge in [-0.25, -0.2) is 8.42 Å². The zero-order chi connectivity index (χ0) is 9.78. The minimum absolute atomic E-state index is 0.0910. The summed E-state index contributed by atoms with van der Waals surface area (Å²) in [7, 11) is -1.34. The SMILES string of the molecule is COC(C)C(N)CCS(C)(=O)=O. The summed E-state index contributed by atoms with van der Waals surface area (Å²) in [5, 5.41) is 0. The van der Waals surface area contributed by atoms with Crippen molar-refractivity contribution >= 4 is 9.84 Å². The first kappa shape index (κ1) is 11.9. The van der Waals surface area contributed by atoms with Gasteiger partial charge in [0.2, 0.25) is 0 Å². The van der Waals surface area contributed by atoms with Crippen molar-refractivity contribution in [3.8, 4) is 0 Å². The summed E-state index contributed by atoms with van der Waals surface area (Å²) in [6.45, 7) is 1.83. The predicted octanol–water partition coefficient (Wildman–Crippen LogP) is -0.217. The standard InChI is InChI=1S/C7H17NO3S/c1-6(11-2)7(8)4-5-12(3,9)10/h6-7H,4-5,8H2,1-3H3. The molecular formula is C7H17NO3S. The first-order valence-corrected chi connectivity index (χ1v) is 5.89. The van der Waals surface area contributed by atoms with Crippen molar-refractivity contribution in [1.82, 2.24) is 0 Å². The molecule has 0 aliphatic rings. The lowest BCUT2D eigenvalue weighted by atomic mass is 10.1. The molecule has 2 atom stereocenters. The molecule has 0 amide bonds. The van der Waals surface area contributed by atoms with Crippen molar-refractivity contribution in [2.75, 3.05) is 19.1 Å². The maximum absolute atomic E-state index is 10.8. The third-order valence-electron chi connectivity index (χ3n) is 1.80. The number of sulfone groups is 1. The summed E-state index contributed by atoms with van der Waals surface area (Å²) >= 11 is 0. The lowest BCUT2D eigenvalue weighted by molar-refractivity contribution is 0.0946. The van der Waals surface area contributed by atoms with Gasteiger partial charge < -0.3 is 10.5 Å². The molecule has 0 spiro atoms. The Morgan fingerprint density at radius 3 is 2.33 bits per heavy atom. The van der Waals surface area contributed by atoms with Crippen LogP contribution in [0.3, 0.4) is 0 Å². The molecule has 0 aromatic carbocycles. The van der Waals surface area contributed by atoms with E-state index in [0.717, 1.165) is 0 Å². The van der Waals surface area contributed by atoms with Crippen LogP contribution in [-0.4, -0.2) is 39.7 Å². The monoisotopic (exact) mass is 195 g/mol. The minimum atomic E-state index is -2.90. The fourth-order valence-corrected chi connectivity index (χ4v) is 1.46. The second-order valence-electron chi connectivity index (χ2n) is 3.02. The highest BCUT2D eigenvalue weighted by Gasteiger charge is 2.13. The van der Waals surface area contributed by atoms with Gasteiger partial charge in [-0.1, -0.05) is 0 Å². The molecule has 0 aliphatic carbocycles. The van der Waals surface area contributed by atoms with E-state index in [2.05, 4.69) is 0 Å². The Kier molecular flexibility index (Phi) is 4.74. The molecule has 12 heavy (non-hydrogen) atoms. The van der Waals surface area contributed by atoms with Crippen molar-refractivity contribution in [1.29, 1.82) is 0 Å². The molecule has 0 aromatic rings. The van der Waals surface area contributed by atoms with Crippen LogP contribution in [0.2, 0.25) is 0 Å². The van der Waals surface area contributed by atoms with E-state index in [-0.39, 0.29) is 17.9 Å². The smallest absolute Gasteiger partial charge is 0.147 e. The average Bonchev–Trinajstić information content (AvgIpc) is 1.97. The number of nitrogens with two attached hydrogens (primary N) is 1. The van der Waals surface area contributed by atoms with Gasteiger partial charge in [-0.3, -0.25) is 0 Å². The summed E-state index contributed by atoms with van der Waals surface area (Å²) in [6, 6.07) is -0.204. The number of rotatable bonds is 5. The largest absolute Gasteiger partial charge is 0.380 e. The summed E-state index contributed by atoms with van der Waals surface area (Å²) in [5.74, 6) is 0.127. The van der Waals surface area contributed by atoms with Crippen LogP contribution in [0.15, 0.2) is 0 Å². The van der Waals surface area contributed by atoms with E-state index in [1.165, 1.54) is 6.26 Å². The van der Waals surface area contributed by atoms with Crippen LogP contribution in [0.25, 0.3) is 0 Å². The van der Waals surface area contributed by atoms with Crippen LogP contribution in [0, 0.1) is 0 Å². The first-order chi connectivity index (χ1) is 5.37. The van der Waals surface area contributed by atoms with Gasteiger partial charge in [0.15, 0.2) is 0 Å². The molecule has 0 saturated heterocycles. The third kappa shape index (κ3) is 5.51. The van der Waals surface area contributed by atoms with E-state index in [4.69, 9.17) is 10.5 Å². The molecule has 74 valence electrons. The van der Waals surface area contributed by atoms with Gasteiger partial charge in [-0.15, -0.1) is 0 Å². The number of hydrogen-bond acceptors (Lipinski definition) is 4. The molecular weight excluding hydrogens is 178 g/mol. The summed E-state index contributed by atoms with van der Waals surface area (Å²) in [5.41, 5.74) is 5.65. The van der Waals surface area contributed by atoms with Crippen molar-refractivity contribution in [2.45, 2.75) is 25.5 Å². The highest BCUT2D eigenvalue weighted by molar-refractivity contribution is 7.90. The van der Waals surface area contributed by atoms with E-state index in [1.54, 1.807) is 7.11 Å². The van der Waals surface area contributed by atoms with Crippen molar-refractivity contribution in [2.24, 2.45) is 5.73 Å². The van der Waals surface area contributed by atoms with Gasteiger partial charge >= 0.3 is 0 Å². The minimum Gasteiger partial charge on any atom is -0.380 e. The van der Waals surface area contributed by atoms with Gasteiger partial charge in [0.05, 0.1) is 11.9 Å². The number of methoxy groups -OCH3 is 1. The molecule has 4 nitrogen and oxygen atoms in total. The number of hydrogen-bond donors (Lipinski definition) is 1. The summed E-state index contributed by atoms with van der Waals surface area (Å²) < 4.78 is 26.5. The third-order valence-corrected chi connectivity index (χ3v) is 2.77. The molecule has 0 rings (SSSR count). The molecule has 0 fully saturated rings. The van der Waals surface area contributed by atoms with Crippen molar-refractivity contribution < 1.29 is 13.2 Å². The van der Waals surface area contributed by atoms with E-state index in [1.807, 2.05) is 6.92 Å². The topological polar surface area (TPSA) is 69.4 Å². The maximum atomic E-state index is 10.8. The van der Waals surface area contributed by atoms with E-state index < -0.39 is 9.84 Å². The molecule has 0 heterocycles. The fraction of sp³-hybridized carbons (Fsp3) is 1.00. The highest BCUT2D eigenvalue weighted by atomic mass is 32.2. The van der Waals surface area contributed by atoms with Crippen molar-refractivity contribution in [3.05, 3.63) is 0 Å². The van der Waals surface area contributed by atoms with Crippen molar-refractivity contribution in [3.63, 3.8) is 0 Å². The Labute approximate surface area is 74.0 Å². The lowest BCUT2D eigenvalue weighted by Gasteiger charge is -2.17. The predicted molar refractivity (Wildman–Crippen MR) is 48.8 cm³/mol. The first-order valence-electron chi connectivity index (χ1n) is 3.83. The number of ether oxygens (including phenoxy) is 1.